The lowest BCUT2D eigenvalue weighted by Crippen LogP contribution is -2.64. The minimum atomic E-state index is -2.31. The summed E-state index contributed by atoms with van der Waals surface area (Å²) in [6, 6.07) is 1.27. The number of aliphatic carboxylic acids is 1. The number of carboxylic acids is 1. The molecular weight excluding hydrogens is 1340 g/mol. The van der Waals surface area contributed by atoms with Crippen LogP contribution in [0.5, 0.6) is 46.0 Å². The fourth-order valence-corrected chi connectivity index (χ4v) is 12.7. The van der Waals surface area contributed by atoms with E-state index in [1.165, 1.54) is 45.2 Å². The Morgan fingerprint density at radius 2 is 1.38 bits per heavy atom. The number of primary amides is 1. The highest BCUT2D eigenvalue weighted by atomic mass is 35.5. The number of phenolic OH excluding ortho intramolecular Hbond substituents is 3. The van der Waals surface area contributed by atoms with E-state index in [4.69, 9.17) is 51.5 Å². The Kier molecular flexibility index (Phi) is 21.8. The van der Waals surface area contributed by atoms with E-state index in [-0.39, 0.29) is 46.9 Å². The number of aliphatic hydroxyl groups excluding tert-OH is 6. The molecule has 18 atom stereocenters. The Morgan fingerprint density at radius 1 is 0.730 bits per heavy atom. The van der Waals surface area contributed by atoms with E-state index >= 15 is 14.4 Å². The van der Waals surface area contributed by atoms with Crippen LogP contribution in [0.2, 0.25) is 5.02 Å². The number of amides is 7. The van der Waals surface area contributed by atoms with Crippen LogP contribution in [0.4, 0.5) is 0 Å². The summed E-state index contributed by atoms with van der Waals surface area (Å²) in [7, 11) is 1.49. The van der Waals surface area contributed by atoms with Gasteiger partial charge in [0.1, 0.15) is 89.5 Å². The number of hydrogen-bond acceptors (Lipinski definition) is 25. The molecule has 2 fully saturated rings. The van der Waals surface area contributed by atoms with Gasteiger partial charge in [0.2, 0.25) is 53.4 Å². The van der Waals surface area contributed by atoms with Crippen LogP contribution >= 0.6 is 11.6 Å². The average molecular weight is 1410 g/mol. The van der Waals surface area contributed by atoms with Gasteiger partial charge in [-0.3, -0.25) is 33.6 Å². The van der Waals surface area contributed by atoms with E-state index in [9.17, 15) is 75.0 Å². The SMILES string of the molecule is CN[C@H](CC(C)C)C(=O)N[C@H]1C(=O)N[C@@H](CC(N)=O)C(=O)N[C@H]2C(=O)N[C@H]3C(=O)N[C@H](C(=O)NC(C(=O)O)c4cc(O)cc(O)c4-c4cc3ccc4O)[C@H](O)c3ccc(c(Cl)c3)Oc3cc2cc(c3OC2OC(CO)C(O)C(O)C2OC2CC(C)(N)C(O)C(C)O2)Oc2ccc(cc2)[C@H]1O. The number of benzene rings is 5. The van der Waals surface area contributed by atoms with Crippen molar-refractivity contribution in [3.63, 3.8) is 0 Å². The van der Waals surface area contributed by atoms with Gasteiger partial charge >= 0.3 is 5.97 Å². The van der Waals surface area contributed by atoms with Crippen LogP contribution in [0.25, 0.3) is 11.1 Å². The van der Waals surface area contributed by atoms with Crippen LogP contribution in [-0.4, -0.2) is 191 Å². The summed E-state index contributed by atoms with van der Waals surface area (Å²) in [6.45, 7) is 5.72. The molecular formula is C66H76ClN9O24. The molecule has 5 aromatic carbocycles. The molecule has 7 heterocycles. The molecule has 100 heavy (non-hydrogen) atoms. The van der Waals surface area contributed by atoms with Crippen molar-refractivity contribution in [1.29, 1.82) is 0 Å². The van der Waals surface area contributed by atoms with Crippen LogP contribution in [0, 0.1) is 5.92 Å². The summed E-state index contributed by atoms with van der Waals surface area (Å²) in [4.78, 5) is 117. The minimum absolute atomic E-state index is 0.0465. The molecule has 0 aliphatic carbocycles. The van der Waals surface area contributed by atoms with Crippen molar-refractivity contribution in [2.24, 2.45) is 17.4 Å². The van der Waals surface area contributed by atoms with Crippen molar-refractivity contribution in [3.8, 4) is 57.1 Å². The quantitative estimate of drug-likeness (QED) is 0.0703. The van der Waals surface area contributed by atoms with Gasteiger partial charge in [0.05, 0.1) is 36.3 Å². The van der Waals surface area contributed by atoms with Crippen molar-refractivity contribution >= 4 is 58.9 Å². The first-order chi connectivity index (χ1) is 47.2. The topological polar surface area (TPSA) is 530 Å². The van der Waals surface area contributed by atoms with Gasteiger partial charge in [0.15, 0.2) is 29.9 Å². The number of halogens is 1. The van der Waals surface area contributed by atoms with Crippen LogP contribution in [-0.2, 0) is 52.6 Å². The molecule has 536 valence electrons. The predicted molar refractivity (Wildman–Crippen MR) is 344 cm³/mol. The number of aliphatic hydroxyl groups is 6. The maximum Gasteiger partial charge on any atom is 0.330 e. The Labute approximate surface area is 574 Å². The van der Waals surface area contributed by atoms with Gasteiger partial charge in [-0.25, -0.2) is 4.79 Å². The third-order valence-electron chi connectivity index (χ3n) is 17.7. The molecule has 33 nitrogen and oxygen atoms in total. The van der Waals surface area contributed by atoms with E-state index in [0.29, 0.717) is 0 Å². The Morgan fingerprint density at radius 3 is 2.02 bits per heavy atom. The molecule has 7 amide bonds. The summed E-state index contributed by atoms with van der Waals surface area (Å²) < 4.78 is 38.3. The normalized spacial score (nSPS) is 29.6. The first-order valence-corrected chi connectivity index (χ1v) is 31.9. The van der Waals surface area contributed by atoms with Gasteiger partial charge in [-0.2, -0.15) is 0 Å². The number of nitrogens with one attached hydrogen (secondary N) is 7. The van der Waals surface area contributed by atoms with E-state index in [0.717, 1.165) is 60.7 Å². The number of carbonyl (C=O) groups excluding carboxylic acids is 7. The van der Waals surface area contributed by atoms with E-state index in [1.54, 1.807) is 0 Å². The van der Waals surface area contributed by atoms with Gasteiger partial charge in [0, 0.05) is 34.7 Å². The molecule has 5 aromatic rings. The first-order valence-electron chi connectivity index (χ1n) is 31.5. The highest BCUT2D eigenvalue weighted by molar-refractivity contribution is 6.32. The molecule has 11 bridgehead atoms. The molecule has 0 saturated carbocycles. The molecule has 2 saturated heterocycles. The summed E-state index contributed by atoms with van der Waals surface area (Å²) in [5, 5.41) is 131. The van der Waals surface area contributed by atoms with Crippen molar-refractivity contribution in [2.45, 2.75) is 156 Å². The zero-order valence-corrected chi connectivity index (χ0v) is 54.8. The maximum absolute atomic E-state index is 16.0. The van der Waals surface area contributed by atoms with Crippen LogP contribution in [0.15, 0.2) is 84.9 Å². The number of nitrogens with two attached hydrogens (primary N) is 2. The van der Waals surface area contributed by atoms with Crippen LogP contribution in [0.1, 0.15) is 105 Å². The highest BCUT2D eigenvalue weighted by Gasteiger charge is 2.51. The third-order valence-corrected chi connectivity index (χ3v) is 18.0. The zero-order valence-electron chi connectivity index (χ0n) is 54.0. The monoisotopic (exact) mass is 1410 g/mol. The minimum Gasteiger partial charge on any atom is -0.508 e. The summed E-state index contributed by atoms with van der Waals surface area (Å²) >= 11 is 7.04. The Bertz CT molecular complexity index is 4000. The first kappa shape index (κ1) is 73.2. The fraction of sp³-hybridized carbons (Fsp3) is 0.424. The highest BCUT2D eigenvalue weighted by Crippen LogP contribution is 2.49. The molecule has 21 N–H and O–H groups in total. The van der Waals surface area contributed by atoms with Gasteiger partial charge in [-0.05, 0) is 110 Å². The van der Waals surface area contributed by atoms with Crippen LogP contribution in [0.3, 0.4) is 0 Å². The number of likely N-dealkylation sites (N-methyl/N-ethyl adjacent to an activating group) is 1. The lowest BCUT2D eigenvalue weighted by molar-refractivity contribution is -0.333. The van der Waals surface area contributed by atoms with Gasteiger partial charge < -0.3 is 128 Å². The average Bonchev–Trinajstić information content (AvgIpc) is 0.769. The zero-order chi connectivity index (χ0) is 72.7. The van der Waals surface area contributed by atoms with E-state index in [2.05, 4.69) is 37.2 Å². The molecule has 7 aliphatic heterocycles. The number of carbonyl (C=O) groups is 8. The van der Waals surface area contributed by atoms with Gasteiger partial charge in [-0.1, -0.05) is 49.7 Å². The number of aromatic hydroxyl groups is 3. The second-order valence-corrected chi connectivity index (χ2v) is 26.0. The molecule has 7 aliphatic rings. The molecule has 0 spiro atoms. The van der Waals surface area contributed by atoms with Crippen molar-refractivity contribution in [1.82, 2.24) is 37.2 Å². The van der Waals surface area contributed by atoms with Gasteiger partial charge in [0.25, 0.3) is 0 Å². The van der Waals surface area contributed by atoms with Crippen LogP contribution < -0.4 is 62.9 Å². The Balaban J connectivity index is 1.23. The molecule has 34 heteroatoms. The number of hydrogen-bond donors (Lipinski definition) is 19. The summed E-state index contributed by atoms with van der Waals surface area (Å²) in [6.07, 6.45) is -18.2. The van der Waals surface area contributed by atoms with E-state index in [1.807, 2.05) is 13.8 Å². The third kappa shape index (κ3) is 15.4. The second kappa shape index (κ2) is 29.8. The van der Waals surface area contributed by atoms with E-state index < -0.39 is 231 Å². The summed E-state index contributed by atoms with van der Waals surface area (Å²) in [5.74, 6) is -15.4. The van der Waals surface area contributed by atoms with Crippen molar-refractivity contribution in [3.05, 3.63) is 118 Å². The molecule has 0 aromatic heterocycles. The lowest BCUT2D eigenvalue weighted by Gasteiger charge is -2.47. The maximum atomic E-state index is 16.0. The van der Waals surface area contributed by atoms with Crippen molar-refractivity contribution < 1.29 is 118 Å². The largest absolute Gasteiger partial charge is 0.508 e. The number of carboxylic acid groups (broad SMARTS) is 1. The van der Waals surface area contributed by atoms with Gasteiger partial charge in [-0.15, -0.1) is 0 Å². The van der Waals surface area contributed by atoms with Crippen molar-refractivity contribution in [2.75, 3.05) is 13.7 Å². The molecule has 10 unspecified atom stereocenters. The number of phenols is 3. The fourth-order valence-electron chi connectivity index (χ4n) is 12.5. The smallest absolute Gasteiger partial charge is 0.330 e. The predicted octanol–water partition coefficient (Wildman–Crippen LogP) is -0.547. The summed E-state index contributed by atoms with van der Waals surface area (Å²) in [5.41, 5.74) is 8.23. The second-order valence-electron chi connectivity index (χ2n) is 25.6. The standard InChI is InChI=1S/C66H76ClN9O24/c1-24(2)14-35(70-5)58(87)75-49-51(82)26-6-10-31(11-7-26)96-40-17-29-18-41(55(40)100-65-56(54(85)53(84)42(23-77)98-65)99-44-22-66(4,69)57(86)25(3)95-44)97-39-13-9-28(16-34(39)67)52(83)50-63(92)74-48(64(93)94)33-19-30(78)20-38(80)45(33)32-15-27(8-12-37(32)79)46(60(89)76-50)73-61(90)47(29)72-59(88)36(21-43(68)81)71-62(49)91/h6-13,15-20,24-25,35-36,42,44,46-54,56-57,65,70,77-80,82-86H,14,21-23,69H2,1-5H3,(H2,68,81)(H,71,91)(H,72,88)(H,73,90)(H,74,92)(H,75,87)(H,76,89)(H,93,94)/t25?,35-,36+,42?,44?,46-,47-,48?,49-,50+,51-,52-,53?,54?,56?,57?,65?,66?/m1/s1. The number of fused-ring (bicyclic) bond motifs is 15. The number of rotatable bonds is 13. The Hall–Kier alpha value is -9.49. The molecule has 12 rings (SSSR count). The number of ether oxygens (including phenoxy) is 6. The molecule has 0 radical (unpaired) electrons. The lowest BCUT2D eigenvalue weighted by atomic mass is 9.86.